The molecule has 1 aliphatic heterocycles. The Morgan fingerprint density at radius 2 is 2.33 bits per heavy atom. The molecule has 4 heteroatoms. The van der Waals surface area contributed by atoms with Crippen LogP contribution in [0.2, 0.25) is 0 Å². The van der Waals surface area contributed by atoms with E-state index in [2.05, 4.69) is 4.99 Å². The average Bonchev–Trinajstić information content (AvgIpc) is 1.98. The molecule has 0 spiro atoms. The summed E-state index contributed by atoms with van der Waals surface area (Å²) in [7, 11) is 1.62. The van der Waals surface area contributed by atoms with E-state index in [4.69, 9.17) is 5.73 Å². The minimum Gasteiger partial charge on any atom is -0.369 e. The van der Waals surface area contributed by atoms with Crippen LogP contribution in [-0.2, 0) is 4.79 Å². The lowest BCUT2D eigenvalue weighted by molar-refractivity contribution is -0.126. The van der Waals surface area contributed by atoms with Crippen LogP contribution in [0.4, 0.5) is 0 Å². The monoisotopic (exact) mass is 127 g/mol. The third kappa shape index (κ3) is 0.759. The summed E-state index contributed by atoms with van der Waals surface area (Å²) in [5.41, 5.74) is 5.31. The second-order valence-corrected chi connectivity index (χ2v) is 2.06. The number of aliphatic imine (C=N–C) groups is 1. The van der Waals surface area contributed by atoms with Gasteiger partial charge in [0, 0.05) is 7.05 Å². The van der Waals surface area contributed by atoms with E-state index in [0.29, 0.717) is 5.96 Å². The van der Waals surface area contributed by atoms with E-state index in [-0.39, 0.29) is 11.9 Å². The third-order valence-electron chi connectivity index (χ3n) is 1.36. The highest BCUT2D eigenvalue weighted by Gasteiger charge is 2.25. The molecule has 50 valence electrons. The van der Waals surface area contributed by atoms with Crippen molar-refractivity contribution >= 4 is 11.9 Å². The Kier molecular flexibility index (Phi) is 1.16. The molecule has 1 aliphatic rings. The fourth-order valence-electron chi connectivity index (χ4n) is 0.733. The predicted molar refractivity (Wildman–Crippen MR) is 33.9 cm³/mol. The largest absolute Gasteiger partial charge is 0.369 e. The molecule has 1 heterocycles. The first-order chi connectivity index (χ1) is 4.13. The lowest BCUT2D eigenvalue weighted by atomic mass is 10.3. The lowest BCUT2D eigenvalue weighted by Crippen LogP contribution is -2.34. The number of hydrogen-bond donors (Lipinski definition) is 1. The zero-order valence-electron chi connectivity index (χ0n) is 5.46. The Bertz CT molecular complexity index is 175. The molecule has 2 N–H and O–H groups in total. The molecule has 1 rings (SSSR count). The molecule has 0 aromatic heterocycles. The van der Waals surface area contributed by atoms with Crippen molar-refractivity contribution < 1.29 is 4.79 Å². The van der Waals surface area contributed by atoms with Gasteiger partial charge in [0.15, 0.2) is 5.96 Å². The van der Waals surface area contributed by atoms with Gasteiger partial charge in [-0.1, -0.05) is 0 Å². The van der Waals surface area contributed by atoms with Crippen LogP contribution < -0.4 is 5.73 Å². The van der Waals surface area contributed by atoms with Crippen molar-refractivity contribution in [3.63, 3.8) is 0 Å². The average molecular weight is 127 g/mol. The summed E-state index contributed by atoms with van der Waals surface area (Å²) >= 11 is 0. The third-order valence-corrected chi connectivity index (χ3v) is 1.36. The summed E-state index contributed by atoms with van der Waals surface area (Å²) in [6, 6.07) is -0.282. The van der Waals surface area contributed by atoms with Crippen LogP contribution in [0, 0.1) is 0 Å². The highest BCUT2D eigenvalue weighted by molar-refractivity contribution is 6.03. The van der Waals surface area contributed by atoms with Crippen molar-refractivity contribution in [2.24, 2.45) is 10.7 Å². The molecule has 1 amide bonds. The molecular formula is C5H9N3O. The Morgan fingerprint density at radius 3 is 2.44 bits per heavy atom. The van der Waals surface area contributed by atoms with E-state index in [1.165, 1.54) is 4.90 Å². The van der Waals surface area contributed by atoms with Gasteiger partial charge in [0.05, 0.1) is 0 Å². The molecule has 4 nitrogen and oxygen atoms in total. The topological polar surface area (TPSA) is 58.7 Å². The van der Waals surface area contributed by atoms with E-state index >= 15 is 0 Å². The Labute approximate surface area is 53.3 Å². The number of carbonyl (C=O) groups is 1. The van der Waals surface area contributed by atoms with Gasteiger partial charge in [-0.15, -0.1) is 0 Å². The maximum atomic E-state index is 10.8. The van der Waals surface area contributed by atoms with Crippen LogP contribution in [0.3, 0.4) is 0 Å². The molecule has 0 fully saturated rings. The van der Waals surface area contributed by atoms with Crippen molar-refractivity contribution in [1.82, 2.24) is 4.90 Å². The van der Waals surface area contributed by atoms with Gasteiger partial charge < -0.3 is 5.73 Å². The summed E-state index contributed by atoms with van der Waals surface area (Å²) in [5, 5.41) is 0. The molecule has 9 heavy (non-hydrogen) atoms. The van der Waals surface area contributed by atoms with Gasteiger partial charge >= 0.3 is 0 Å². The summed E-state index contributed by atoms with van der Waals surface area (Å²) in [5.74, 6) is 0.278. The normalized spacial score (nSPS) is 26.9. The first kappa shape index (κ1) is 6.07. The molecule has 0 saturated heterocycles. The maximum absolute atomic E-state index is 10.8. The maximum Gasteiger partial charge on any atom is 0.253 e. The second-order valence-electron chi connectivity index (χ2n) is 2.06. The lowest BCUT2D eigenvalue weighted by Gasteiger charge is -2.06. The SMILES string of the molecule is CC1N=C(N)N(C)C1=O. The van der Waals surface area contributed by atoms with Crippen LogP contribution in [0.15, 0.2) is 4.99 Å². The van der Waals surface area contributed by atoms with E-state index < -0.39 is 0 Å². The van der Waals surface area contributed by atoms with Crippen molar-refractivity contribution in [2.75, 3.05) is 7.05 Å². The summed E-state index contributed by atoms with van der Waals surface area (Å²) in [4.78, 5) is 16.0. The van der Waals surface area contributed by atoms with Gasteiger partial charge in [-0.25, -0.2) is 4.99 Å². The first-order valence-electron chi connectivity index (χ1n) is 2.74. The number of nitrogens with zero attached hydrogens (tertiary/aromatic N) is 2. The smallest absolute Gasteiger partial charge is 0.253 e. The minimum atomic E-state index is -0.282. The number of guanidine groups is 1. The number of rotatable bonds is 0. The molecule has 0 aromatic rings. The molecular weight excluding hydrogens is 118 g/mol. The van der Waals surface area contributed by atoms with Crippen molar-refractivity contribution in [2.45, 2.75) is 13.0 Å². The van der Waals surface area contributed by atoms with Crippen LogP contribution >= 0.6 is 0 Å². The zero-order chi connectivity index (χ0) is 7.02. The number of carbonyl (C=O) groups excluding carboxylic acids is 1. The Morgan fingerprint density at radius 1 is 1.78 bits per heavy atom. The number of likely N-dealkylation sites (N-methyl/N-ethyl adjacent to an activating group) is 1. The van der Waals surface area contributed by atoms with Gasteiger partial charge in [0.1, 0.15) is 6.04 Å². The molecule has 1 unspecified atom stereocenters. The first-order valence-corrected chi connectivity index (χ1v) is 2.74. The Hall–Kier alpha value is -1.06. The minimum absolute atomic E-state index is 0.0347. The van der Waals surface area contributed by atoms with Gasteiger partial charge in [-0.2, -0.15) is 0 Å². The zero-order valence-corrected chi connectivity index (χ0v) is 5.46. The van der Waals surface area contributed by atoms with E-state index in [1.54, 1.807) is 14.0 Å². The fourth-order valence-corrected chi connectivity index (χ4v) is 0.733. The fraction of sp³-hybridized carbons (Fsp3) is 0.600. The van der Waals surface area contributed by atoms with Gasteiger partial charge in [0.2, 0.25) is 0 Å². The highest BCUT2D eigenvalue weighted by Crippen LogP contribution is 2.03. The van der Waals surface area contributed by atoms with Crippen LogP contribution in [0.25, 0.3) is 0 Å². The van der Waals surface area contributed by atoms with Crippen molar-refractivity contribution in [3.05, 3.63) is 0 Å². The van der Waals surface area contributed by atoms with Crippen molar-refractivity contribution in [1.29, 1.82) is 0 Å². The quantitative estimate of drug-likeness (QED) is 0.461. The van der Waals surface area contributed by atoms with Gasteiger partial charge in [0.25, 0.3) is 5.91 Å². The second kappa shape index (κ2) is 1.72. The van der Waals surface area contributed by atoms with Gasteiger partial charge in [-0.3, -0.25) is 9.69 Å². The standard InChI is InChI=1S/C5H9N3O/c1-3-4(9)8(2)5(6)7-3/h3H,1-2H3,(H2,6,7). The molecule has 0 aromatic carbocycles. The summed E-state index contributed by atoms with van der Waals surface area (Å²) in [6.45, 7) is 1.72. The number of amides is 1. The highest BCUT2D eigenvalue weighted by atomic mass is 16.2. The van der Waals surface area contributed by atoms with Crippen LogP contribution in [-0.4, -0.2) is 29.9 Å². The van der Waals surface area contributed by atoms with Crippen LogP contribution in [0.5, 0.6) is 0 Å². The Balaban J connectivity index is 2.82. The molecule has 0 bridgehead atoms. The van der Waals surface area contributed by atoms with E-state index in [0.717, 1.165) is 0 Å². The molecule has 0 radical (unpaired) electrons. The summed E-state index contributed by atoms with van der Waals surface area (Å²) < 4.78 is 0. The summed E-state index contributed by atoms with van der Waals surface area (Å²) in [6.07, 6.45) is 0. The van der Waals surface area contributed by atoms with Crippen LogP contribution in [0.1, 0.15) is 6.92 Å². The van der Waals surface area contributed by atoms with E-state index in [9.17, 15) is 4.79 Å². The number of hydrogen-bond acceptors (Lipinski definition) is 3. The molecule has 0 aliphatic carbocycles. The van der Waals surface area contributed by atoms with E-state index in [1.807, 2.05) is 0 Å². The van der Waals surface area contributed by atoms with Gasteiger partial charge in [-0.05, 0) is 6.92 Å². The predicted octanol–water partition coefficient (Wildman–Crippen LogP) is -0.838. The molecule has 1 atom stereocenters. The molecule has 0 saturated carbocycles. The number of nitrogens with two attached hydrogens (primary N) is 1. The van der Waals surface area contributed by atoms with Crippen molar-refractivity contribution in [3.8, 4) is 0 Å².